The van der Waals surface area contributed by atoms with Crippen LogP contribution >= 0.6 is 0 Å². The maximum Gasteiger partial charge on any atom is 0.168 e. The highest BCUT2D eigenvalue weighted by atomic mass is 16.3. The Morgan fingerprint density at radius 2 is 0.957 bits per heavy atom. The van der Waals surface area contributed by atoms with E-state index in [-0.39, 0.29) is 0 Å². The number of furan rings is 2. The van der Waals surface area contributed by atoms with Gasteiger partial charge in [0.2, 0.25) is 0 Å². The van der Waals surface area contributed by atoms with E-state index >= 15 is 0 Å². The highest BCUT2D eigenvalue weighted by Crippen LogP contribution is 2.38. The molecule has 0 aliphatic heterocycles. The first-order chi connectivity index (χ1) is 22.8. The molecule has 11 aromatic rings. The average Bonchev–Trinajstić information content (AvgIpc) is 3.84. The van der Waals surface area contributed by atoms with Gasteiger partial charge in [-0.25, -0.2) is 9.97 Å². The molecule has 46 heavy (non-hydrogen) atoms. The normalized spacial score (nSPS) is 12.3. The second-order valence-electron chi connectivity index (χ2n) is 11.7. The molecule has 5 aromatic carbocycles. The summed E-state index contributed by atoms with van der Waals surface area (Å²) < 4.78 is 16.7. The van der Waals surface area contributed by atoms with Gasteiger partial charge in [-0.15, -0.1) is 0 Å². The predicted molar refractivity (Wildman–Crippen MR) is 183 cm³/mol. The zero-order valence-electron chi connectivity index (χ0n) is 24.2. The number of aromatic nitrogens is 5. The van der Waals surface area contributed by atoms with Crippen molar-refractivity contribution in [3.8, 4) is 11.4 Å². The fourth-order valence-electron chi connectivity index (χ4n) is 7.16. The van der Waals surface area contributed by atoms with E-state index in [0.717, 1.165) is 99.5 Å². The summed E-state index contributed by atoms with van der Waals surface area (Å²) in [6.45, 7) is 0. The molecule has 0 fully saturated rings. The number of nitrogens with zero attached hydrogens (tertiary/aromatic N) is 5. The molecule has 0 spiro atoms. The number of hydrogen-bond donors (Lipinski definition) is 0. The van der Waals surface area contributed by atoms with Crippen LogP contribution in [0.5, 0.6) is 0 Å². The average molecular weight is 592 g/mol. The van der Waals surface area contributed by atoms with Crippen molar-refractivity contribution in [2.24, 2.45) is 0 Å². The fraction of sp³-hybridized carbons (Fsp3) is 0. The van der Waals surface area contributed by atoms with Gasteiger partial charge in [0.05, 0.1) is 11.0 Å². The summed E-state index contributed by atoms with van der Waals surface area (Å²) in [7, 11) is 0. The molecule has 7 nitrogen and oxygen atoms in total. The third kappa shape index (κ3) is 3.08. The van der Waals surface area contributed by atoms with Gasteiger partial charge in [0.15, 0.2) is 11.3 Å². The largest absolute Gasteiger partial charge is 0.456 e. The molecule has 0 aliphatic rings. The molecule has 11 rings (SSSR count). The second kappa shape index (κ2) is 8.58. The Morgan fingerprint density at radius 1 is 0.413 bits per heavy atom. The van der Waals surface area contributed by atoms with E-state index in [9.17, 15) is 0 Å². The van der Waals surface area contributed by atoms with Crippen LogP contribution in [0.1, 0.15) is 0 Å². The molecule has 0 saturated heterocycles. The Labute approximate surface area is 259 Å². The van der Waals surface area contributed by atoms with Gasteiger partial charge in [-0.3, -0.25) is 14.1 Å². The zero-order valence-corrected chi connectivity index (χ0v) is 24.2. The van der Waals surface area contributed by atoms with Gasteiger partial charge in [-0.05, 0) is 66.7 Å². The molecule has 0 aliphatic carbocycles. The summed E-state index contributed by atoms with van der Waals surface area (Å²) in [5.41, 5.74) is 11.3. The number of benzene rings is 5. The van der Waals surface area contributed by atoms with E-state index in [0.29, 0.717) is 0 Å². The van der Waals surface area contributed by atoms with Crippen LogP contribution in [0, 0.1) is 0 Å². The summed E-state index contributed by atoms with van der Waals surface area (Å²) in [5.74, 6) is 0. The molecular formula is C39H21N5O2. The van der Waals surface area contributed by atoms with Crippen molar-refractivity contribution < 1.29 is 8.83 Å². The summed E-state index contributed by atoms with van der Waals surface area (Å²) in [4.78, 5) is 15.6. The van der Waals surface area contributed by atoms with Crippen LogP contribution in [0.3, 0.4) is 0 Å². The van der Waals surface area contributed by atoms with Gasteiger partial charge in [0, 0.05) is 44.5 Å². The number of hydrogen-bond acceptors (Lipinski definition) is 5. The summed E-state index contributed by atoms with van der Waals surface area (Å²) in [5, 5.41) is 5.31. The smallest absolute Gasteiger partial charge is 0.168 e. The number of rotatable bonds is 2. The number of pyridine rings is 1. The Kier molecular flexibility index (Phi) is 4.46. The van der Waals surface area contributed by atoms with Crippen molar-refractivity contribution in [1.82, 2.24) is 24.1 Å². The van der Waals surface area contributed by atoms with Gasteiger partial charge >= 0.3 is 0 Å². The zero-order chi connectivity index (χ0) is 29.9. The monoisotopic (exact) mass is 591 g/mol. The standard InChI is InChI=1S/C39H21N5O2/c1-4-11-29-26(10-1)35-38(43(29)22-15-17-33-27(20-22)24-8-2-5-13-31(24)45-33)42-39-37(41-35)36-30(12-7-19-40-36)44(39)23-16-18-34-28(21-23)25-9-3-6-14-32(25)46-34/h1-21H. The molecule has 0 radical (unpaired) electrons. The summed E-state index contributed by atoms with van der Waals surface area (Å²) in [6.07, 6.45) is 1.82. The van der Waals surface area contributed by atoms with E-state index in [1.54, 1.807) is 0 Å². The SMILES string of the molecule is c1ccc2c(c1)oc1ccc(-n3c4ccccc4c4nc5c6ncccc6n(-c6ccc7oc8ccccc8c7c6)c5nc43)cc12. The number of para-hydroxylation sites is 3. The maximum absolute atomic E-state index is 6.15. The highest BCUT2D eigenvalue weighted by Gasteiger charge is 2.22. The van der Waals surface area contributed by atoms with Crippen molar-refractivity contribution >= 4 is 88.1 Å². The topological polar surface area (TPSA) is 74.8 Å². The lowest BCUT2D eigenvalue weighted by atomic mass is 10.1. The van der Waals surface area contributed by atoms with E-state index < -0.39 is 0 Å². The minimum atomic E-state index is 0.743. The molecule has 0 amide bonds. The molecule has 0 N–H and O–H groups in total. The van der Waals surface area contributed by atoms with Gasteiger partial charge in [-0.2, -0.15) is 0 Å². The van der Waals surface area contributed by atoms with Crippen LogP contribution in [0.2, 0.25) is 0 Å². The maximum atomic E-state index is 6.15. The van der Waals surface area contributed by atoms with Crippen LogP contribution in [-0.4, -0.2) is 24.1 Å². The van der Waals surface area contributed by atoms with Crippen LogP contribution in [0.25, 0.3) is 99.5 Å². The first-order valence-electron chi connectivity index (χ1n) is 15.2. The Hall–Kier alpha value is -6.47. The second-order valence-corrected chi connectivity index (χ2v) is 11.7. The van der Waals surface area contributed by atoms with Gasteiger partial charge < -0.3 is 8.83 Å². The molecule has 0 unspecified atom stereocenters. The predicted octanol–water partition coefficient (Wildman–Crippen LogP) is 9.86. The summed E-state index contributed by atoms with van der Waals surface area (Å²) >= 11 is 0. The lowest BCUT2D eigenvalue weighted by molar-refractivity contribution is 0.668. The van der Waals surface area contributed by atoms with Crippen molar-refractivity contribution in [3.63, 3.8) is 0 Å². The van der Waals surface area contributed by atoms with E-state index in [1.165, 1.54) is 0 Å². The minimum Gasteiger partial charge on any atom is -0.456 e. The molecule has 0 atom stereocenters. The first kappa shape index (κ1) is 23.9. The lowest BCUT2D eigenvalue weighted by Crippen LogP contribution is -1.99. The van der Waals surface area contributed by atoms with Crippen molar-refractivity contribution in [2.75, 3.05) is 0 Å². The van der Waals surface area contributed by atoms with E-state index in [4.69, 9.17) is 23.8 Å². The Balaban J connectivity index is 1.26. The van der Waals surface area contributed by atoms with E-state index in [2.05, 4.69) is 75.9 Å². The van der Waals surface area contributed by atoms with Crippen LogP contribution in [0.15, 0.2) is 136 Å². The molecule has 7 heteroatoms. The van der Waals surface area contributed by atoms with Crippen LogP contribution < -0.4 is 0 Å². The molecule has 0 bridgehead atoms. The Bertz CT molecular complexity index is 2850. The molecular weight excluding hydrogens is 570 g/mol. The van der Waals surface area contributed by atoms with Crippen LogP contribution in [-0.2, 0) is 0 Å². The highest BCUT2D eigenvalue weighted by molar-refractivity contribution is 6.13. The van der Waals surface area contributed by atoms with E-state index in [1.807, 2.05) is 60.8 Å². The van der Waals surface area contributed by atoms with Crippen molar-refractivity contribution in [3.05, 3.63) is 128 Å². The molecule has 6 aromatic heterocycles. The molecule has 214 valence electrons. The van der Waals surface area contributed by atoms with Gasteiger partial charge in [-0.1, -0.05) is 54.6 Å². The first-order valence-corrected chi connectivity index (χ1v) is 15.2. The quantitative estimate of drug-likeness (QED) is 0.200. The van der Waals surface area contributed by atoms with Crippen molar-refractivity contribution in [1.29, 1.82) is 0 Å². The van der Waals surface area contributed by atoms with Crippen molar-refractivity contribution in [2.45, 2.75) is 0 Å². The molecule has 6 heterocycles. The summed E-state index contributed by atoms with van der Waals surface area (Å²) in [6, 6.07) is 41.3. The van der Waals surface area contributed by atoms with Crippen LogP contribution in [0.4, 0.5) is 0 Å². The minimum absolute atomic E-state index is 0.743. The Morgan fingerprint density at radius 3 is 1.65 bits per heavy atom. The third-order valence-electron chi connectivity index (χ3n) is 9.17. The number of fused-ring (bicyclic) bond motifs is 12. The lowest BCUT2D eigenvalue weighted by Gasteiger charge is -2.09. The molecule has 0 saturated carbocycles. The van der Waals surface area contributed by atoms with Gasteiger partial charge in [0.25, 0.3) is 0 Å². The third-order valence-corrected chi connectivity index (χ3v) is 9.17. The van der Waals surface area contributed by atoms with Gasteiger partial charge in [0.1, 0.15) is 38.9 Å². The fourth-order valence-corrected chi connectivity index (χ4v) is 7.16.